The molecule has 1 aliphatic heterocycles. The van der Waals surface area contributed by atoms with Gasteiger partial charge >= 0.3 is 0 Å². The van der Waals surface area contributed by atoms with Crippen molar-refractivity contribution in [2.75, 3.05) is 35.2 Å². The lowest BCUT2D eigenvalue weighted by Crippen LogP contribution is -2.37. The van der Waals surface area contributed by atoms with Crippen LogP contribution in [0.1, 0.15) is 24.2 Å². The molecule has 6 rings (SSSR count). The Morgan fingerprint density at radius 1 is 0.738 bits per heavy atom. The minimum Gasteiger partial charge on any atom is -0.372 e. The minimum absolute atomic E-state index is 0.501. The Labute approximate surface area is 245 Å². The normalized spacial score (nSPS) is 13.6. The predicted molar refractivity (Wildman–Crippen MR) is 166 cm³/mol. The van der Waals surface area contributed by atoms with Gasteiger partial charge in [0, 0.05) is 55.3 Å². The fraction of sp³-hybridized carbons (Fsp3) is 0.250. The monoisotopic (exact) mass is 558 g/mol. The molecule has 1 aliphatic rings. The summed E-state index contributed by atoms with van der Waals surface area (Å²) in [6, 6.07) is 23.9. The summed E-state index contributed by atoms with van der Waals surface area (Å²) in [6.07, 6.45) is 7.63. The van der Waals surface area contributed by atoms with E-state index in [2.05, 4.69) is 81.1 Å². The quantitative estimate of drug-likeness (QED) is 0.202. The SMILES string of the molecule is Cc1cccc(-c2nccc(Nc3ccnc(Nc4ccc(N5CCC(CNCc6ccccn6)CC5)cc4)n3)n2)n1. The van der Waals surface area contributed by atoms with Gasteiger partial charge in [-0.05, 0) is 92.9 Å². The summed E-state index contributed by atoms with van der Waals surface area (Å²) in [7, 11) is 0. The molecule has 212 valence electrons. The van der Waals surface area contributed by atoms with Gasteiger partial charge in [0.1, 0.15) is 17.3 Å². The summed E-state index contributed by atoms with van der Waals surface area (Å²) < 4.78 is 0. The largest absolute Gasteiger partial charge is 0.372 e. The van der Waals surface area contributed by atoms with E-state index in [1.807, 2.05) is 43.5 Å². The molecule has 0 bridgehead atoms. The molecule has 0 atom stereocenters. The van der Waals surface area contributed by atoms with Gasteiger partial charge in [-0.15, -0.1) is 0 Å². The number of benzene rings is 1. The van der Waals surface area contributed by atoms with E-state index in [-0.39, 0.29) is 0 Å². The van der Waals surface area contributed by atoms with Gasteiger partial charge in [0.15, 0.2) is 5.82 Å². The molecule has 1 aromatic carbocycles. The summed E-state index contributed by atoms with van der Waals surface area (Å²) in [4.78, 5) is 29.3. The summed E-state index contributed by atoms with van der Waals surface area (Å²) in [6.45, 7) is 5.92. The zero-order valence-electron chi connectivity index (χ0n) is 23.6. The van der Waals surface area contributed by atoms with E-state index in [0.717, 1.165) is 48.9 Å². The van der Waals surface area contributed by atoms with Crippen molar-refractivity contribution in [2.45, 2.75) is 26.3 Å². The lowest BCUT2D eigenvalue weighted by Gasteiger charge is -2.33. The maximum absolute atomic E-state index is 4.61. The highest BCUT2D eigenvalue weighted by molar-refractivity contribution is 5.61. The van der Waals surface area contributed by atoms with Crippen molar-refractivity contribution in [1.29, 1.82) is 0 Å². The van der Waals surface area contributed by atoms with Crippen LogP contribution in [0.4, 0.5) is 29.0 Å². The number of aryl methyl sites for hydroxylation is 1. The molecule has 0 radical (unpaired) electrons. The second-order valence-electron chi connectivity index (χ2n) is 10.4. The molecule has 10 heteroatoms. The van der Waals surface area contributed by atoms with Gasteiger partial charge in [0.05, 0.1) is 5.69 Å². The van der Waals surface area contributed by atoms with Gasteiger partial charge in [-0.3, -0.25) is 4.98 Å². The number of nitrogens with one attached hydrogen (secondary N) is 3. The summed E-state index contributed by atoms with van der Waals surface area (Å²) in [5.41, 5.74) is 4.90. The molecular weight excluding hydrogens is 524 g/mol. The molecule has 5 heterocycles. The van der Waals surface area contributed by atoms with E-state index in [4.69, 9.17) is 0 Å². The number of piperidine rings is 1. The molecule has 1 fully saturated rings. The van der Waals surface area contributed by atoms with E-state index < -0.39 is 0 Å². The molecule has 3 N–H and O–H groups in total. The van der Waals surface area contributed by atoms with Crippen LogP contribution in [0.15, 0.2) is 91.4 Å². The minimum atomic E-state index is 0.501. The number of hydrogen-bond donors (Lipinski definition) is 3. The van der Waals surface area contributed by atoms with Gasteiger partial charge in [-0.1, -0.05) is 12.1 Å². The van der Waals surface area contributed by atoms with Gasteiger partial charge < -0.3 is 20.9 Å². The smallest absolute Gasteiger partial charge is 0.229 e. The predicted octanol–water partition coefficient (Wildman–Crippen LogP) is 5.53. The summed E-state index contributed by atoms with van der Waals surface area (Å²) >= 11 is 0. The lowest BCUT2D eigenvalue weighted by atomic mass is 9.96. The second-order valence-corrected chi connectivity index (χ2v) is 10.4. The van der Waals surface area contributed by atoms with Crippen LogP contribution in [0.25, 0.3) is 11.5 Å². The van der Waals surface area contributed by atoms with E-state index >= 15 is 0 Å². The standard InChI is InChI=1S/C32H34N10/c1-23-5-4-7-28(37-23)31-35-17-12-29(40-31)39-30-13-18-36-32(41-30)38-25-8-10-27(11-9-25)42-19-14-24(15-20-42)21-33-22-26-6-2-3-16-34-26/h2-13,16-18,24,33H,14-15,19-22H2,1H3,(H2,35,36,38,39,40,41). The first-order valence-electron chi connectivity index (χ1n) is 14.3. The highest BCUT2D eigenvalue weighted by atomic mass is 15.2. The Morgan fingerprint density at radius 2 is 1.55 bits per heavy atom. The van der Waals surface area contributed by atoms with Crippen molar-refractivity contribution in [1.82, 2.24) is 35.2 Å². The average molecular weight is 559 g/mol. The average Bonchev–Trinajstić information content (AvgIpc) is 3.03. The zero-order chi connectivity index (χ0) is 28.6. The number of pyridine rings is 2. The Morgan fingerprint density at radius 3 is 2.33 bits per heavy atom. The number of rotatable bonds is 10. The van der Waals surface area contributed by atoms with Crippen molar-refractivity contribution >= 4 is 29.0 Å². The summed E-state index contributed by atoms with van der Waals surface area (Å²) in [5, 5.41) is 10.1. The van der Waals surface area contributed by atoms with Crippen LogP contribution < -0.4 is 20.9 Å². The van der Waals surface area contributed by atoms with Crippen molar-refractivity contribution in [3.8, 4) is 11.5 Å². The van der Waals surface area contributed by atoms with Crippen LogP contribution in [0.5, 0.6) is 0 Å². The summed E-state index contributed by atoms with van der Waals surface area (Å²) in [5.74, 6) is 3.00. The van der Waals surface area contributed by atoms with Crippen LogP contribution in [0.3, 0.4) is 0 Å². The molecule has 0 unspecified atom stereocenters. The van der Waals surface area contributed by atoms with Crippen LogP contribution in [0.2, 0.25) is 0 Å². The Bertz CT molecular complexity index is 1590. The van der Waals surface area contributed by atoms with Gasteiger partial charge in [-0.25, -0.2) is 19.9 Å². The van der Waals surface area contributed by atoms with Crippen molar-refractivity contribution in [2.24, 2.45) is 5.92 Å². The maximum Gasteiger partial charge on any atom is 0.229 e. The van der Waals surface area contributed by atoms with Crippen molar-refractivity contribution in [3.05, 3.63) is 103 Å². The first-order valence-corrected chi connectivity index (χ1v) is 14.3. The Hall–Kier alpha value is -4.96. The first kappa shape index (κ1) is 27.2. The number of hydrogen-bond acceptors (Lipinski definition) is 10. The van der Waals surface area contributed by atoms with Crippen LogP contribution in [-0.4, -0.2) is 49.5 Å². The molecule has 4 aromatic heterocycles. The Kier molecular flexibility index (Phi) is 8.51. The lowest BCUT2D eigenvalue weighted by molar-refractivity contribution is 0.382. The van der Waals surface area contributed by atoms with E-state index in [9.17, 15) is 0 Å². The first-order chi connectivity index (χ1) is 20.7. The molecule has 0 aliphatic carbocycles. The van der Waals surface area contributed by atoms with Crippen molar-refractivity contribution in [3.63, 3.8) is 0 Å². The third-order valence-electron chi connectivity index (χ3n) is 7.25. The molecule has 0 amide bonds. The fourth-order valence-electron chi connectivity index (χ4n) is 5.03. The third-order valence-corrected chi connectivity index (χ3v) is 7.25. The molecule has 1 saturated heterocycles. The fourth-order valence-corrected chi connectivity index (χ4v) is 5.03. The molecular formula is C32H34N10. The molecule has 0 saturated carbocycles. The maximum atomic E-state index is 4.61. The number of nitrogens with zero attached hydrogens (tertiary/aromatic N) is 7. The third kappa shape index (κ3) is 7.21. The Balaban J connectivity index is 1.01. The highest BCUT2D eigenvalue weighted by Gasteiger charge is 2.19. The molecule has 10 nitrogen and oxygen atoms in total. The number of anilines is 5. The second kappa shape index (κ2) is 13.1. The number of aromatic nitrogens is 6. The van der Waals surface area contributed by atoms with Gasteiger partial charge in [0.25, 0.3) is 0 Å². The highest BCUT2D eigenvalue weighted by Crippen LogP contribution is 2.25. The molecule has 42 heavy (non-hydrogen) atoms. The van der Waals surface area contributed by atoms with Crippen molar-refractivity contribution < 1.29 is 0 Å². The van der Waals surface area contributed by atoms with E-state index in [0.29, 0.717) is 29.3 Å². The zero-order valence-corrected chi connectivity index (χ0v) is 23.6. The van der Waals surface area contributed by atoms with Gasteiger partial charge in [-0.2, -0.15) is 4.98 Å². The van der Waals surface area contributed by atoms with E-state index in [1.54, 1.807) is 24.5 Å². The van der Waals surface area contributed by atoms with Crippen LogP contribution in [0, 0.1) is 12.8 Å². The molecule has 5 aromatic rings. The van der Waals surface area contributed by atoms with Crippen LogP contribution >= 0.6 is 0 Å². The topological polar surface area (TPSA) is 117 Å². The van der Waals surface area contributed by atoms with Crippen LogP contribution in [-0.2, 0) is 6.54 Å². The van der Waals surface area contributed by atoms with Gasteiger partial charge in [0.2, 0.25) is 5.95 Å². The molecule has 0 spiro atoms. The van der Waals surface area contributed by atoms with E-state index in [1.165, 1.54) is 18.5 Å².